The molecule has 2 rings (SSSR count). The van der Waals surface area contributed by atoms with Gasteiger partial charge in [-0.1, -0.05) is 12.1 Å². The summed E-state index contributed by atoms with van der Waals surface area (Å²) in [5.74, 6) is 0.0149. The van der Waals surface area contributed by atoms with Crippen molar-refractivity contribution in [1.82, 2.24) is 9.97 Å². The Labute approximate surface area is 119 Å². The Bertz CT molecular complexity index is 685. The summed E-state index contributed by atoms with van der Waals surface area (Å²) in [5, 5.41) is 10.5. The summed E-state index contributed by atoms with van der Waals surface area (Å²) >= 11 is 0. The molecule has 0 saturated carbocycles. The van der Waals surface area contributed by atoms with E-state index in [9.17, 15) is 14.9 Å². The first-order valence-corrected chi connectivity index (χ1v) is 5.89. The molecule has 1 heterocycles. The highest BCUT2D eigenvalue weighted by Crippen LogP contribution is 2.33. The van der Waals surface area contributed by atoms with E-state index in [2.05, 4.69) is 9.97 Å². The molecule has 0 aliphatic heterocycles. The Hall–Kier alpha value is -3.03. The summed E-state index contributed by atoms with van der Waals surface area (Å²) in [6.45, 7) is 3.03. The fourth-order valence-electron chi connectivity index (χ4n) is 1.54. The SMILES string of the molecule is CC(=O)Oc1cccc(C)c1Oc1ncc([N+](=O)[O-])cn1. The molecule has 21 heavy (non-hydrogen) atoms. The van der Waals surface area contributed by atoms with Gasteiger partial charge in [-0.15, -0.1) is 0 Å². The molecule has 108 valence electrons. The van der Waals surface area contributed by atoms with Gasteiger partial charge in [-0.3, -0.25) is 14.9 Å². The average Bonchev–Trinajstić information content (AvgIpc) is 2.42. The van der Waals surface area contributed by atoms with Crippen molar-refractivity contribution in [2.45, 2.75) is 13.8 Å². The molecule has 0 aliphatic rings. The van der Waals surface area contributed by atoms with E-state index in [1.165, 1.54) is 6.92 Å². The largest absolute Gasteiger partial charge is 0.423 e. The Morgan fingerprint density at radius 1 is 1.29 bits per heavy atom. The van der Waals surface area contributed by atoms with Crippen LogP contribution in [-0.4, -0.2) is 20.9 Å². The summed E-state index contributed by atoms with van der Waals surface area (Å²) < 4.78 is 10.5. The summed E-state index contributed by atoms with van der Waals surface area (Å²) in [5.41, 5.74) is 0.461. The van der Waals surface area contributed by atoms with Gasteiger partial charge >= 0.3 is 17.7 Å². The lowest BCUT2D eigenvalue weighted by atomic mass is 10.2. The van der Waals surface area contributed by atoms with E-state index in [-0.39, 0.29) is 23.2 Å². The van der Waals surface area contributed by atoms with Gasteiger partial charge in [-0.2, -0.15) is 9.97 Å². The lowest BCUT2D eigenvalue weighted by Gasteiger charge is -2.11. The van der Waals surface area contributed by atoms with Crippen LogP contribution in [0.5, 0.6) is 17.5 Å². The van der Waals surface area contributed by atoms with Gasteiger partial charge in [0.15, 0.2) is 11.5 Å². The number of esters is 1. The fraction of sp³-hybridized carbons (Fsp3) is 0.154. The average molecular weight is 289 g/mol. The van der Waals surface area contributed by atoms with Gasteiger partial charge < -0.3 is 9.47 Å². The molecule has 0 saturated heterocycles. The third-order valence-electron chi connectivity index (χ3n) is 2.45. The maximum Gasteiger partial charge on any atom is 0.322 e. The van der Waals surface area contributed by atoms with Gasteiger partial charge in [0.1, 0.15) is 12.4 Å². The highest BCUT2D eigenvalue weighted by Gasteiger charge is 2.14. The molecule has 0 spiro atoms. The zero-order valence-corrected chi connectivity index (χ0v) is 11.3. The number of carbonyl (C=O) groups excluding carboxylic acids is 1. The van der Waals surface area contributed by atoms with Gasteiger partial charge in [0.25, 0.3) is 0 Å². The lowest BCUT2D eigenvalue weighted by Crippen LogP contribution is -2.04. The molecule has 0 aliphatic carbocycles. The Balaban J connectivity index is 2.30. The molecule has 8 nitrogen and oxygen atoms in total. The molecular formula is C13H11N3O5. The van der Waals surface area contributed by atoms with Crippen molar-refractivity contribution in [3.63, 3.8) is 0 Å². The minimum atomic E-state index is -0.609. The van der Waals surface area contributed by atoms with Gasteiger partial charge in [0.2, 0.25) is 0 Å². The number of hydrogen-bond donors (Lipinski definition) is 0. The predicted octanol–water partition coefficient (Wildman–Crippen LogP) is 2.41. The van der Waals surface area contributed by atoms with Crippen LogP contribution < -0.4 is 9.47 Å². The van der Waals surface area contributed by atoms with Crippen molar-refractivity contribution in [1.29, 1.82) is 0 Å². The van der Waals surface area contributed by atoms with E-state index in [0.717, 1.165) is 12.4 Å². The number of ether oxygens (including phenoxy) is 2. The van der Waals surface area contributed by atoms with Gasteiger partial charge in [-0.05, 0) is 18.6 Å². The van der Waals surface area contributed by atoms with E-state index in [0.29, 0.717) is 5.56 Å². The van der Waals surface area contributed by atoms with Crippen molar-refractivity contribution in [3.05, 3.63) is 46.3 Å². The van der Waals surface area contributed by atoms with Crippen LogP contribution in [0.25, 0.3) is 0 Å². The van der Waals surface area contributed by atoms with Gasteiger partial charge in [0, 0.05) is 6.92 Å². The van der Waals surface area contributed by atoms with Crippen molar-refractivity contribution in [3.8, 4) is 17.5 Å². The number of para-hydroxylation sites is 1. The first kappa shape index (κ1) is 14.4. The van der Waals surface area contributed by atoms with Crippen LogP contribution in [0.1, 0.15) is 12.5 Å². The smallest absolute Gasteiger partial charge is 0.322 e. The van der Waals surface area contributed by atoms with Crippen LogP contribution in [-0.2, 0) is 4.79 Å². The second-order valence-corrected chi connectivity index (χ2v) is 4.08. The zero-order valence-electron chi connectivity index (χ0n) is 11.3. The highest BCUT2D eigenvalue weighted by atomic mass is 16.6. The summed E-state index contributed by atoms with van der Waals surface area (Å²) in [6, 6.07) is 4.95. The number of carbonyl (C=O) groups is 1. The van der Waals surface area contributed by atoms with Crippen LogP contribution >= 0.6 is 0 Å². The number of nitrogens with zero attached hydrogens (tertiary/aromatic N) is 3. The van der Waals surface area contributed by atoms with Gasteiger partial charge in [0.05, 0.1) is 4.92 Å². The van der Waals surface area contributed by atoms with Crippen molar-refractivity contribution < 1.29 is 19.2 Å². The van der Waals surface area contributed by atoms with Crippen LogP contribution in [0.3, 0.4) is 0 Å². The number of benzene rings is 1. The number of hydrogen-bond acceptors (Lipinski definition) is 7. The number of rotatable bonds is 4. The fourth-order valence-corrected chi connectivity index (χ4v) is 1.54. The highest BCUT2D eigenvalue weighted by molar-refractivity contribution is 5.70. The molecule has 0 N–H and O–H groups in total. The van der Waals surface area contributed by atoms with E-state index in [4.69, 9.17) is 9.47 Å². The number of aryl methyl sites for hydroxylation is 1. The maximum atomic E-state index is 11.1. The van der Waals surface area contributed by atoms with E-state index in [1.54, 1.807) is 25.1 Å². The summed E-state index contributed by atoms with van der Waals surface area (Å²) in [4.78, 5) is 28.5. The lowest BCUT2D eigenvalue weighted by molar-refractivity contribution is -0.385. The maximum absolute atomic E-state index is 11.1. The number of nitro groups is 1. The predicted molar refractivity (Wildman–Crippen MR) is 71.2 cm³/mol. The Morgan fingerprint density at radius 3 is 2.52 bits per heavy atom. The van der Waals surface area contributed by atoms with E-state index < -0.39 is 10.9 Å². The van der Waals surface area contributed by atoms with Crippen LogP contribution in [0.2, 0.25) is 0 Å². The van der Waals surface area contributed by atoms with Crippen molar-refractivity contribution >= 4 is 11.7 Å². The summed E-state index contributed by atoms with van der Waals surface area (Å²) in [6.07, 6.45) is 2.07. The molecule has 0 unspecified atom stereocenters. The third-order valence-corrected chi connectivity index (χ3v) is 2.45. The third kappa shape index (κ3) is 3.50. The molecule has 2 aromatic rings. The summed E-state index contributed by atoms with van der Waals surface area (Å²) in [7, 11) is 0. The first-order chi connectivity index (χ1) is 9.97. The molecule has 1 aromatic heterocycles. The molecule has 0 fully saturated rings. The molecule has 1 aromatic carbocycles. The van der Waals surface area contributed by atoms with Gasteiger partial charge in [-0.25, -0.2) is 0 Å². The van der Waals surface area contributed by atoms with Crippen LogP contribution in [0.4, 0.5) is 5.69 Å². The first-order valence-electron chi connectivity index (χ1n) is 5.89. The zero-order chi connectivity index (χ0) is 15.4. The Kier molecular flexibility index (Phi) is 4.07. The van der Waals surface area contributed by atoms with E-state index >= 15 is 0 Å². The molecule has 0 atom stereocenters. The number of aromatic nitrogens is 2. The second kappa shape index (κ2) is 5.95. The molecule has 0 radical (unpaired) electrons. The van der Waals surface area contributed by atoms with E-state index in [1.807, 2.05) is 0 Å². The minimum absolute atomic E-state index is 0.0803. The van der Waals surface area contributed by atoms with Crippen molar-refractivity contribution in [2.75, 3.05) is 0 Å². The van der Waals surface area contributed by atoms with Crippen molar-refractivity contribution in [2.24, 2.45) is 0 Å². The molecule has 0 bridgehead atoms. The monoisotopic (exact) mass is 289 g/mol. The quantitative estimate of drug-likeness (QED) is 0.368. The topological polar surface area (TPSA) is 104 Å². The van der Waals surface area contributed by atoms with Crippen LogP contribution in [0, 0.1) is 17.0 Å². The molecular weight excluding hydrogens is 278 g/mol. The van der Waals surface area contributed by atoms with Crippen LogP contribution in [0.15, 0.2) is 30.6 Å². The minimum Gasteiger partial charge on any atom is -0.423 e. The Morgan fingerprint density at radius 2 is 1.95 bits per heavy atom. The normalized spacial score (nSPS) is 10.0. The standard InChI is InChI=1S/C13H11N3O5/c1-8-4-3-5-11(20-9(2)17)12(8)21-13-14-6-10(7-15-13)16(18)19/h3-7H,1-2H3. The molecule has 0 amide bonds. The molecule has 8 heteroatoms. The second-order valence-electron chi connectivity index (χ2n) is 4.08.